The van der Waals surface area contributed by atoms with E-state index in [1.165, 1.54) is 13.2 Å². The minimum Gasteiger partial charge on any atom is -0.497 e. The van der Waals surface area contributed by atoms with Crippen LogP contribution in [0.1, 0.15) is 0 Å². The number of halogens is 1. The molecule has 0 aromatic heterocycles. The van der Waals surface area contributed by atoms with Crippen LogP contribution < -0.4 is 9.46 Å². The molecule has 0 heterocycles. The highest BCUT2D eigenvalue weighted by Crippen LogP contribution is 2.25. The standard InChI is InChI=1S/C9H9BrN2O3S/c1-15-9-5-7(10)4-8(6-9)12-16(13,14)3-2-11/h4-6,12H,3H2,1H3. The highest BCUT2D eigenvalue weighted by atomic mass is 79.9. The number of nitrogens with zero attached hydrogens (tertiary/aromatic N) is 1. The van der Waals surface area contributed by atoms with E-state index in [0.29, 0.717) is 15.9 Å². The summed E-state index contributed by atoms with van der Waals surface area (Å²) in [6.45, 7) is 0. The van der Waals surface area contributed by atoms with Gasteiger partial charge < -0.3 is 4.74 Å². The molecule has 0 atom stereocenters. The van der Waals surface area contributed by atoms with Gasteiger partial charge in [0.1, 0.15) is 5.75 Å². The minimum absolute atomic E-state index is 0.349. The molecule has 0 spiro atoms. The fourth-order valence-corrected chi connectivity index (χ4v) is 2.23. The summed E-state index contributed by atoms with van der Waals surface area (Å²) >= 11 is 3.22. The fourth-order valence-electron chi connectivity index (χ4n) is 1.04. The molecule has 1 N–H and O–H groups in total. The molecular weight excluding hydrogens is 296 g/mol. The molecule has 0 aliphatic heterocycles. The largest absolute Gasteiger partial charge is 0.497 e. The number of methoxy groups -OCH3 is 1. The smallest absolute Gasteiger partial charge is 0.246 e. The lowest BCUT2D eigenvalue weighted by Crippen LogP contribution is -2.15. The van der Waals surface area contributed by atoms with E-state index in [-0.39, 0.29) is 0 Å². The monoisotopic (exact) mass is 304 g/mol. The zero-order valence-electron chi connectivity index (χ0n) is 8.40. The summed E-state index contributed by atoms with van der Waals surface area (Å²) in [4.78, 5) is 0. The van der Waals surface area contributed by atoms with Crippen LogP contribution in [-0.4, -0.2) is 21.3 Å². The van der Waals surface area contributed by atoms with Gasteiger partial charge in [0.05, 0.1) is 18.9 Å². The maximum absolute atomic E-state index is 11.3. The van der Waals surface area contributed by atoms with Gasteiger partial charge in [-0.2, -0.15) is 5.26 Å². The summed E-state index contributed by atoms with van der Waals surface area (Å²) in [5.41, 5.74) is 0.349. The third kappa shape index (κ3) is 3.72. The molecule has 0 unspecified atom stereocenters. The zero-order valence-corrected chi connectivity index (χ0v) is 10.8. The normalized spacial score (nSPS) is 10.6. The van der Waals surface area contributed by atoms with Crippen LogP contribution in [-0.2, 0) is 10.0 Å². The van der Waals surface area contributed by atoms with E-state index >= 15 is 0 Å². The fraction of sp³-hybridized carbons (Fsp3) is 0.222. The molecule has 0 saturated heterocycles. The molecule has 0 fully saturated rings. The van der Waals surface area contributed by atoms with Gasteiger partial charge in [0.25, 0.3) is 0 Å². The molecule has 0 aliphatic carbocycles. The van der Waals surface area contributed by atoms with E-state index < -0.39 is 15.8 Å². The second-order valence-corrected chi connectivity index (χ2v) is 5.54. The van der Waals surface area contributed by atoms with Crippen molar-refractivity contribution in [3.8, 4) is 11.8 Å². The first-order chi connectivity index (χ1) is 7.46. The summed E-state index contributed by atoms with van der Waals surface area (Å²) < 4.78 is 30.6. The number of hydrogen-bond acceptors (Lipinski definition) is 4. The number of hydrogen-bond donors (Lipinski definition) is 1. The van der Waals surface area contributed by atoms with Crippen molar-refractivity contribution in [3.63, 3.8) is 0 Å². The molecule has 0 aliphatic rings. The van der Waals surface area contributed by atoms with Crippen molar-refractivity contribution < 1.29 is 13.2 Å². The summed E-state index contributed by atoms with van der Waals surface area (Å²) in [7, 11) is -2.13. The van der Waals surface area contributed by atoms with Crippen molar-refractivity contribution in [2.45, 2.75) is 0 Å². The Bertz CT molecular complexity index is 522. The Labute approximate surface area is 102 Å². The van der Waals surface area contributed by atoms with Crippen molar-refractivity contribution in [3.05, 3.63) is 22.7 Å². The van der Waals surface area contributed by atoms with E-state index in [4.69, 9.17) is 10.00 Å². The number of nitriles is 1. The highest BCUT2D eigenvalue weighted by Gasteiger charge is 2.10. The summed E-state index contributed by atoms with van der Waals surface area (Å²) in [6, 6.07) is 6.38. The molecule has 86 valence electrons. The van der Waals surface area contributed by atoms with E-state index in [1.807, 2.05) is 0 Å². The average molecular weight is 305 g/mol. The topological polar surface area (TPSA) is 79.2 Å². The first-order valence-electron chi connectivity index (χ1n) is 4.19. The Morgan fingerprint density at radius 2 is 2.19 bits per heavy atom. The zero-order chi connectivity index (χ0) is 12.2. The molecule has 0 amide bonds. The lowest BCUT2D eigenvalue weighted by Gasteiger charge is -2.07. The minimum atomic E-state index is -3.61. The predicted molar refractivity (Wildman–Crippen MR) is 63.7 cm³/mol. The molecule has 7 heteroatoms. The molecule has 16 heavy (non-hydrogen) atoms. The maximum Gasteiger partial charge on any atom is 0.246 e. The molecule has 1 aromatic rings. The van der Waals surface area contributed by atoms with E-state index in [9.17, 15) is 8.42 Å². The number of nitrogens with one attached hydrogen (secondary N) is 1. The van der Waals surface area contributed by atoms with Crippen LogP contribution in [0.15, 0.2) is 22.7 Å². The van der Waals surface area contributed by atoms with Crippen LogP contribution in [0.4, 0.5) is 5.69 Å². The lowest BCUT2D eigenvalue weighted by molar-refractivity contribution is 0.415. The second-order valence-electron chi connectivity index (χ2n) is 2.90. The number of sulfonamides is 1. The van der Waals surface area contributed by atoms with Crippen molar-refractivity contribution in [1.82, 2.24) is 0 Å². The molecular formula is C9H9BrN2O3S. The van der Waals surface area contributed by atoms with Crippen LogP contribution in [0.2, 0.25) is 0 Å². The third-order valence-corrected chi connectivity index (χ3v) is 3.15. The van der Waals surface area contributed by atoms with Crippen LogP contribution in [0.3, 0.4) is 0 Å². The SMILES string of the molecule is COc1cc(Br)cc(NS(=O)(=O)CC#N)c1. The quantitative estimate of drug-likeness (QED) is 0.918. The Morgan fingerprint density at radius 1 is 1.50 bits per heavy atom. The van der Waals surface area contributed by atoms with Gasteiger partial charge in [-0.1, -0.05) is 15.9 Å². The number of ether oxygens (including phenoxy) is 1. The Balaban J connectivity index is 2.98. The van der Waals surface area contributed by atoms with Crippen molar-refractivity contribution in [2.24, 2.45) is 0 Å². The Kier molecular flexibility index (Phi) is 4.15. The van der Waals surface area contributed by atoms with Gasteiger partial charge in [-0.05, 0) is 12.1 Å². The summed E-state index contributed by atoms with van der Waals surface area (Å²) in [6.07, 6.45) is 0. The van der Waals surface area contributed by atoms with Gasteiger partial charge in [-0.3, -0.25) is 4.72 Å². The first kappa shape index (κ1) is 12.8. The van der Waals surface area contributed by atoms with Crippen molar-refractivity contribution >= 4 is 31.6 Å². The van der Waals surface area contributed by atoms with Crippen molar-refractivity contribution in [1.29, 1.82) is 5.26 Å². The van der Waals surface area contributed by atoms with Crippen molar-refractivity contribution in [2.75, 3.05) is 17.6 Å². The molecule has 1 rings (SSSR count). The molecule has 5 nitrogen and oxygen atoms in total. The van der Waals surface area contributed by atoms with E-state index in [2.05, 4.69) is 20.7 Å². The molecule has 0 bridgehead atoms. The Morgan fingerprint density at radius 3 is 2.75 bits per heavy atom. The van der Waals surface area contributed by atoms with E-state index in [0.717, 1.165) is 0 Å². The average Bonchev–Trinajstić information content (AvgIpc) is 2.15. The van der Waals surface area contributed by atoms with Crippen LogP contribution in [0.5, 0.6) is 5.75 Å². The predicted octanol–water partition coefficient (Wildman–Crippen LogP) is 1.72. The first-order valence-corrected chi connectivity index (χ1v) is 6.63. The van der Waals surface area contributed by atoms with E-state index in [1.54, 1.807) is 18.2 Å². The second kappa shape index (κ2) is 5.18. The highest BCUT2D eigenvalue weighted by molar-refractivity contribution is 9.10. The van der Waals surface area contributed by atoms with Crippen LogP contribution >= 0.6 is 15.9 Å². The van der Waals surface area contributed by atoms with Gasteiger partial charge in [-0.25, -0.2) is 8.42 Å². The van der Waals surface area contributed by atoms with Gasteiger partial charge in [-0.15, -0.1) is 0 Å². The number of anilines is 1. The van der Waals surface area contributed by atoms with Crippen LogP contribution in [0, 0.1) is 11.3 Å². The molecule has 1 aromatic carbocycles. The molecule has 0 saturated carbocycles. The van der Waals surface area contributed by atoms with Gasteiger partial charge in [0.15, 0.2) is 5.75 Å². The third-order valence-electron chi connectivity index (χ3n) is 1.63. The van der Waals surface area contributed by atoms with Gasteiger partial charge in [0.2, 0.25) is 10.0 Å². The maximum atomic E-state index is 11.3. The summed E-state index contributed by atoms with van der Waals surface area (Å²) in [5.74, 6) is -0.0639. The van der Waals surface area contributed by atoms with Gasteiger partial charge in [0, 0.05) is 10.5 Å². The number of rotatable bonds is 4. The summed E-state index contributed by atoms with van der Waals surface area (Å²) in [5, 5.41) is 8.33. The lowest BCUT2D eigenvalue weighted by atomic mass is 10.3. The number of benzene rings is 1. The molecule has 0 radical (unpaired) electrons. The van der Waals surface area contributed by atoms with Crippen LogP contribution in [0.25, 0.3) is 0 Å². The van der Waals surface area contributed by atoms with Gasteiger partial charge >= 0.3 is 0 Å². The Hall–Kier alpha value is -1.26.